The Labute approximate surface area is 177 Å². The summed E-state index contributed by atoms with van der Waals surface area (Å²) in [7, 11) is 1.76. The molecule has 0 saturated heterocycles. The number of ether oxygens (including phenoxy) is 1. The van der Waals surface area contributed by atoms with Gasteiger partial charge < -0.3 is 9.84 Å². The minimum Gasteiger partial charge on any atom is -0.468 e. The fourth-order valence-electron chi connectivity index (χ4n) is 3.31. The Morgan fingerprint density at radius 3 is 2.29 bits per heavy atom. The molecule has 5 rings (SSSR count). The molecule has 0 spiro atoms. The molecule has 1 N–H and O–H groups in total. The maximum Gasteiger partial charge on any atom is 0.240 e. The van der Waals surface area contributed by atoms with Gasteiger partial charge in [0.1, 0.15) is 13.2 Å². The Morgan fingerprint density at radius 2 is 1.61 bits per heavy atom. The summed E-state index contributed by atoms with van der Waals surface area (Å²) < 4.78 is 9.35. The van der Waals surface area contributed by atoms with Gasteiger partial charge in [-0.05, 0) is 11.6 Å². The van der Waals surface area contributed by atoms with E-state index < -0.39 is 0 Å². The molecular formula is C22H19N7O2. The van der Waals surface area contributed by atoms with Crippen molar-refractivity contribution in [1.29, 1.82) is 0 Å². The third-order valence-corrected chi connectivity index (χ3v) is 4.85. The number of hydrogen-bond donors (Lipinski definition) is 1. The van der Waals surface area contributed by atoms with Crippen LogP contribution >= 0.6 is 0 Å². The van der Waals surface area contributed by atoms with E-state index in [9.17, 15) is 5.11 Å². The van der Waals surface area contributed by atoms with E-state index in [1.807, 2.05) is 66.7 Å². The first-order valence-corrected chi connectivity index (χ1v) is 9.72. The van der Waals surface area contributed by atoms with Gasteiger partial charge in [-0.3, -0.25) is 0 Å². The lowest BCUT2D eigenvalue weighted by Crippen LogP contribution is -2.08. The molecule has 3 aromatic heterocycles. The zero-order valence-corrected chi connectivity index (χ0v) is 16.8. The number of aromatic nitrogens is 7. The fraction of sp³-hybridized carbons (Fsp3) is 0.136. The summed E-state index contributed by atoms with van der Waals surface area (Å²) in [6.07, 6.45) is 0. The van der Waals surface area contributed by atoms with E-state index in [-0.39, 0.29) is 13.2 Å². The van der Waals surface area contributed by atoms with Crippen molar-refractivity contribution in [1.82, 2.24) is 34.6 Å². The molecule has 9 heteroatoms. The van der Waals surface area contributed by atoms with Crippen LogP contribution in [-0.4, -0.2) is 39.7 Å². The maximum absolute atomic E-state index is 9.28. The normalized spacial score (nSPS) is 11.2. The van der Waals surface area contributed by atoms with Gasteiger partial charge in [0, 0.05) is 18.2 Å². The van der Waals surface area contributed by atoms with E-state index in [1.165, 1.54) is 0 Å². The van der Waals surface area contributed by atoms with Gasteiger partial charge >= 0.3 is 0 Å². The maximum atomic E-state index is 9.28. The molecule has 2 aromatic carbocycles. The third-order valence-electron chi connectivity index (χ3n) is 4.85. The largest absolute Gasteiger partial charge is 0.468 e. The minimum atomic E-state index is -0.228. The van der Waals surface area contributed by atoms with Crippen molar-refractivity contribution >= 4 is 5.65 Å². The van der Waals surface area contributed by atoms with Crippen molar-refractivity contribution in [2.24, 2.45) is 7.05 Å². The fourth-order valence-corrected chi connectivity index (χ4v) is 3.31. The highest BCUT2D eigenvalue weighted by atomic mass is 16.5. The van der Waals surface area contributed by atoms with Crippen molar-refractivity contribution in [3.8, 4) is 28.4 Å². The molecule has 0 radical (unpaired) electrons. The summed E-state index contributed by atoms with van der Waals surface area (Å²) in [5, 5.41) is 26.8. The van der Waals surface area contributed by atoms with Crippen molar-refractivity contribution in [2.75, 3.05) is 0 Å². The van der Waals surface area contributed by atoms with Crippen LogP contribution in [0, 0.1) is 0 Å². The molecule has 0 aliphatic heterocycles. The van der Waals surface area contributed by atoms with Gasteiger partial charge in [-0.25, -0.2) is 9.67 Å². The zero-order chi connectivity index (χ0) is 21.2. The molecule has 3 heterocycles. The molecule has 0 amide bonds. The molecule has 0 fully saturated rings. The molecule has 5 aromatic rings. The average Bonchev–Trinajstić information content (AvgIpc) is 3.40. The van der Waals surface area contributed by atoms with E-state index in [1.54, 1.807) is 16.2 Å². The SMILES string of the molecule is Cn1nc(CO)nc1COc1nn2c(-c3ccccc3)nnc2cc1-c1ccccc1. The van der Waals surface area contributed by atoms with Crippen LogP contribution < -0.4 is 4.74 Å². The summed E-state index contributed by atoms with van der Waals surface area (Å²) in [5.41, 5.74) is 3.27. The van der Waals surface area contributed by atoms with Crippen LogP contribution in [0.5, 0.6) is 5.88 Å². The van der Waals surface area contributed by atoms with Gasteiger partial charge in [-0.2, -0.15) is 9.61 Å². The highest BCUT2D eigenvalue weighted by Gasteiger charge is 2.17. The quantitative estimate of drug-likeness (QED) is 0.456. The molecule has 0 saturated carbocycles. The van der Waals surface area contributed by atoms with Crippen molar-refractivity contribution in [2.45, 2.75) is 13.2 Å². The van der Waals surface area contributed by atoms with Crippen LogP contribution in [0.1, 0.15) is 11.6 Å². The lowest BCUT2D eigenvalue weighted by atomic mass is 10.1. The number of nitrogens with zero attached hydrogens (tertiary/aromatic N) is 7. The predicted octanol–water partition coefficient (Wildman–Crippen LogP) is 2.66. The molecule has 0 aliphatic carbocycles. The highest BCUT2D eigenvalue weighted by Crippen LogP contribution is 2.30. The van der Waals surface area contributed by atoms with Crippen molar-refractivity contribution < 1.29 is 9.84 Å². The second kappa shape index (κ2) is 7.96. The van der Waals surface area contributed by atoms with Gasteiger partial charge in [0.05, 0.1) is 0 Å². The number of aryl methyl sites for hydroxylation is 1. The van der Waals surface area contributed by atoms with Gasteiger partial charge in [-0.15, -0.1) is 15.3 Å². The van der Waals surface area contributed by atoms with Crippen LogP contribution in [0.25, 0.3) is 28.2 Å². The smallest absolute Gasteiger partial charge is 0.240 e. The van der Waals surface area contributed by atoms with E-state index in [2.05, 4.69) is 20.3 Å². The van der Waals surface area contributed by atoms with Crippen LogP contribution in [0.2, 0.25) is 0 Å². The third kappa shape index (κ3) is 3.62. The second-order valence-corrected chi connectivity index (χ2v) is 6.90. The zero-order valence-electron chi connectivity index (χ0n) is 16.8. The molecule has 31 heavy (non-hydrogen) atoms. The molecular weight excluding hydrogens is 394 g/mol. The van der Waals surface area contributed by atoms with Crippen LogP contribution in [0.15, 0.2) is 66.7 Å². The average molecular weight is 413 g/mol. The van der Waals surface area contributed by atoms with Crippen LogP contribution in [0.4, 0.5) is 0 Å². The first-order chi connectivity index (χ1) is 15.2. The molecule has 0 aliphatic rings. The standard InChI is InChI=1S/C22H19N7O2/c1-28-20(23-18(13-30)26-28)14-31-22-17(15-8-4-2-5-9-15)12-19-24-25-21(29(19)27-22)16-10-6-3-7-11-16/h2-12,30H,13-14H2,1H3. The van der Waals surface area contributed by atoms with Crippen molar-refractivity contribution in [3.05, 3.63) is 78.4 Å². The van der Waals surface area contributed by atoms with Gasteiger partial charge in [0.2, 0.25) is 5.88 Å². The topological polar surface area (TPSA) is 103 Å². The van der Waals surface area contributed by atoms with Crippen LogP contribution in [-0.2, 0) is 20.3 Å². The lowest BCUT2D eigenvalue weighted by molar-refractivity contribution is 0.269. The monoisotopic (exact) mass is 413 g/mol. The number of aliphatic hydroxyl groups excluding tert-OH is 1. The Kier molecular flexibility index (Phi) is 4.85. The molecule has 154 valence electrons. The van der Waals surface area contributed by atoms with E-state index in [0.29, 0.717) is 29.0 Å². The van der Waals surface area contributed by atoms with Gasteiger partial charge in [-0.1, -0.05) is 60.7 Å². The Hall–Kier alpha value is -4.11. The number of rotatable bonds is 6. The van der Waals surface area contributed by atoms with E-state index in [4.69, 9.17) is 9.84 Å². The predicted molar refractivity (Wildman–Crippen MR) is 113 cm³/mol. The van der Waals surface area contributed by atoms with E-state index in [0.717, 1.165) is 16.7 Å². The van der Waals surface area contributed by atoms with Crippen molar-refractivity contribution in [3.63, 3.8) is 0 Å². The van der Waals surface area contributed by atoms with E-state index >= 15 is 0 Å². The Balaban J connectivity index is 1.60. The van der Waals surface area contributed by atoms with Gasteiger partial charge in [0.15, 0.2) is 23.1 Å². The molecule has 0 unspecified atom stereocenters. The second-order valence-electron chi connectivity index (χ2n) is 6.90. The first-order valence-electron chi connectivity index (χ1n) is 9.72. The molecule has 0 atom stereocenters. The number of aliphatic hydroxyl groups is 1. The molecule has 9 nitrogen and oxygen atoms in total. The Morgan fingerprint density at radius 1 is 0.903 bits per heavy atom. The van der Waals surface area contributed by atoms with Crippen LogP contribution in [0.3, 0.4) is 0 Å². The number of hydrogen-bond acceptors (Lipinski definition) is 7. The summed E-state index contributed by atoms with van der Waals surface area (Å²) in [6.45, 7) is -0.0842. The summed E-state index contributed by atoms with van der Waals surface area (Å²) in [4.78, 5) is 4.28. The number of fused-ring (bicyclic) bond motifs is 1. The summed E-state index contributed by atoms with van der Waals surface area (Å²) >= 11 is 0. The lowest BCUT2D eigenvalue weighted by Gasteiger charge is -2.11. The summed E-state index contributed by atoms with van der Waals surface area (Å²) in [6, 6.07) is 21.5. The minimum absolute atomic E-state index is 0.143. The Bertz CT molecular complexity index is 1330. The first kappa shape index (κ1) is 18.9. The highest BCUT2D eigenvalue weighted by molar-refractivity contribution is 5.72. The van der Waals surface area contributed by atoms with Gasteiger partial charge in [0.25, 0.3) is 0 Å². The number of benzene rings is 2. The summed E-state index contributed by atoms with van der Waals surface area (Å²) in [5.74, 6) is 1.97. The molecule has 0 bridgehead atoms.